The summed E-state index contributed by atoms with van der Waals surface area (Å²) >= 11 is 0. The van der Waals surface area contributed by atoms with E-state index in [2.05, 4.69) is 6.92 Å². The van der Waals surface area contributed by atoms with Gasteiger partial charge in [-0.25, -0.2) is 0 Å². The molecule has 1 unspecified atom stereocenters. The van der Waals surface area contributed by atoms with Crippen LogP contribution in [0.3, 0.4) is 0 Å². The van der Waals surface area contributed by atoms with Crippen LogP contribution in [0.15, 0.2) is 0 Å². The fourth-order valence-corrected chi connectivity index (χ4v) is 1.57. The molecule has 82 valence electrons. The van der Waals surface area contributed by atoms with Crippen molar-refractivity contribution < 1.29 is 36.1 Å². The first-order valence-electron chi connectivity index (χ1n) is 5.95. The van der Waals surface area contributed by atoms with Crippen molar-refractivity contribution in [2.45, 2.75) is 77.7 Å². The predicted molar refractivity (Wildman–Crippen MR) is 60.0 cm³/mol. The molecule has 0 amide bonds. The van der Waals surface area contributed by atoms with E-state index in [-0.39, 0.29) is 37.1 Å². The van der Waals surface area contributed by atoms with E-state index in [0.717, 1.165) is 6.42 Å². The standard InChI is InChI=1S/C12H26O.Na.H/c1-3-4-5-6-7-8-9-10-11-12(2)13;;/h12-13H,3-11H2,1-2H3;;/q;+1;-1. The first-order valence-corrected chi connectivity index (χ1v) is 5.95. The number of aliphatic hydroxyl groups excluding tert-OH is 1. The zero-order chi connectivity index (χ0) is 9.94. The van der Waals surface area contributed by atoms with Gasteiger partial charge in [-0.05, 0) is 13.3 Å². The van der Waals surface area contributed by atoms with E-state index in [0.29, 0.717) is 0 Å². The Balaban J connectivity index is -0.000000720. The number of rotatable bonds is 9. The van der Waals surface area contributed by atoms with Gasteiger partial charge in [0.05, 0.1) is 6.10 Å². The normalized spacial score (nSPS) is 12.2. The van der Waals surface area contributed by atoms with Crippen molar-refractivity contribution in [2.75, 3.05) is 0 Å². The maximum absolute atomic E-state index is 9.03. The zero-order valence-electron chi connectivity index (χ0n) is 11.4. The summed E-state index contributed by atoms with van der Waals surface area (Å²) in [6, 6.07) is 0. The van der Waals surface area contributed by atoms with Crippen LogP contribution in [0.1, 0.15) is 73.1 Å². The Morgan fingerprint density at radius 3 is 1.79 bits per heavy atom. The van der Waals surface area contributed by atoms with Crippen molar-refractivity contribution in [3.05, 3.63) is 0 Å². The first-order chi connectivity index (χ1) is 6.27. The average molecular weight is 210 g/mol. The monoisotopic (exact) mass is 210 g/mol. The largest absolute Gasteiger partial charge is 1.00 e. The summed E-state index contributed by atoms with van der Waals surface area (Å²) in [5.41, 5.74) is 0. The Hall–Kier alpha value is 0.960. The third-order valence-electron chi connectivity index (χ3n) is 2.48. The zero-order valence-corrected chi connectivity index (χ0v) is 12.4. The van der Waals surface area contributed by atoms with Crippen molar-refractivity contribution in [1.29, 1.82) is 0 Å². The molecule has 0 aromatic carbocycles. The number of hydrogen-bond acceptors (Lipinski definition) is 1. The molecule has 0 spiro atoms. The fraction of sp³-hybridized carbons (Fsp3) is 1.00. The van der Waals surface area contributed by atoms with Gasteiger partial charge in [-0.3, -0.25) is 0 Å². The van der Waals surface area contributed by atoms with Crippen molar-refractivity contribution in [1.82, 2.24) is 0 Å². The van der Waals surface area contributed by atoms with Gasteiger partial charge in [-0.2, -0.15) is 0 Å². The Morgan fingerprint density at radius 1 is 0.929 bits per heavy atom. The van der Waals surface area contributed by atoms with Gasteiger partial charge in [0.25, 0.3) is 0 Å². The molecular formula is C12H27NaO. The summed E-state index contributed by atoms with van der Waals surface area (Å²) in [7, 11) is 0. The second-order valence-corrected chi connectivity index (χ2v) is 4.11. The smallest absolute Gasteiger partial charge is 1.00 e. The Morgan fingerprint density at radius 2 is 1.36 bits per heavy atom. The second-order valence-electron chi connectivity index (χ2n) is 4.11. The minimum absolute atomic E-state index is 0. The van der Waals surface area contributed by atoms with Crippen molar-refractivity contribution in [3.63, 3.8) is 0 Å². The summed E-state index contributed by atoms with van der Waals surface area (Å²) < 4.78 is 0. The average Bonchev–Trinajstić information content (AvgIpc) is 2.09. The van der Waals surface area contributed by atoms with Gasteiger partial charge in [-0.1, -0.05) is 58.3 Å². The SMILES string of the molecule is CCCCCCCCCCC(C)O.[H-].[Na+]. The predicted octanol–water partition coefficient (Wildman–Crippen LogP) is 1.01. The summed E-state index contributed by atoms with van der Waals surface area (Å²) in [6.45, 7) is 4.13. The van der Waals surface area contributed by atoms with Gasteiger partial charge >= 0.3 is 29.6 Å². The maximum atomic E-state index is 9.03. The Kier molecular flexibility index (Phi) is 17.3. The Labute approximate surface area is 113 Å². The second kappa shape index (κ2) is 14.0. The number of hydrogen-bond donors (Lipinski definition) is 1. The van der Waals surface area contributed by atoms with Crippen LogP contribution < -0.4 is 29.6 Å². The molecule has 0 fully saturated rings. The summed E-state index contributed by atoms with van der Waals surface area (Å²) in [6.07, 6.45) is 11.7. The molecule has 0 aromatic rings. The van der Waals surface area contributed by atoms with Gasteiger partial charge in [-0.15, -0.1) is 0 Å². The number of aliphatic hydroxyl groups is 1. The summed E-state index contributed by atoms with van der Waals surface area (Å²) in [5.74, 6) is 0. The molecule has 0 aliphatic rings. The van der Waals surface area contributed by atoms with Crippen molar-refractivity contribution in [2.24, 2.45) is 0 Å². The first kappa shape index (κ1) is 17.4. The van der Waals surface area contributed by atoms with Gasteiger partial charge in [0.1, 0.15) is 0 Å². The molecule has 1 nitrogen and oxygen atoms in total. The molecular weight excluding hydrogens is 183 g/mol. The molecule has 0 bridgehead atoms. The molecule has 0 aromatic heterocycles. The van der Waals surface area contributed by atoms with Crippen molar-refractivity contribution >= 4 is 0 Å². The maximum Gasteiger partial charge on any atom is 1.00 e. The van der Waals surface area contributed by atoms with Gasteiger partial charge < -0.3 is 6.53 Å². The molecule has 0 radical (unpaired) electrons. The topological polar surface area (TPSA) is 20.2 Å². The third-order valence-corrected chi connectivity index (χ3v) is 2.48. The van der Waals surface area contributed by atoms with Gasteiger partial charge in [0, 0.05) is 0 Å². The summed E-state index contributed by atoms with van der Waals surface area (Å²) in [5, 5.41) is 9.03. The van der Waals surface area contributed by atoms with Crippen LogP contribution in [0.5, 0.6) is 0 Å². The van der Waals surface area contributed by atoms with E-state index < -0.39 is 0 Å². The van der Waals surface area contributed by atoms with Crippen LogP contribution in [-0.4, -0.2) is 11.2 Å². The third kappa shape index (κ3) is 15.4. The Bertz CT molecular complexity index is 99.6. The summed E-state index contributed by atoms with van der Waals surface area (Å²) in [4.78, 5) is 0. The minimum atomic E-state index is -0.0971. The van der Waals surface area contributed by atoms with E-state index >= 15 is 0 Å². The molecule has 1 N–H and O–H groups in total. The molecule has 0 saturated carbocycles. The molecule has 2 heteroatoms. The van der Waals surface area contributed by atoms with Crippen LogP contribution in [-0.2, 0) is 0 Å². The van der Waals surface area contributed by atoms with Crippen LogP contribution >= 0.6 is 0 Å². The molecule has 0 saturated heterocycles. The molecule has 14 heavy (non-hydrogen) atoms. The van der Waals surface area contributed by atoms with E-state index in [9.17, 15) is 0 Å². The molecule has 0 aliphatic carbocycles. The van der Waals surface area contributed by atoms with E-state index in [1.807, 2.05) is 6.92 Å². The van der Waals surface area contributed by atoms with Crippen LogP contribution in [0, 0.1) is 0 Å². The van der Waals surface area contributed by atoms with Crippen LogP contribution in [0.25, 0.3) is 0 Å². The molecule has 0 heterocycles. The van der Waals surface area contributed by atoms with Gasteiger partial charge in [0.15, 0.2) is 0 Å². The number of unbranched alkanes of at least 4 members (excludes halogenated alkanes) is 7. The van der Waals surface area contributed by atoms with E-state index in [1.165, 1.54) is 51.4 Å². The quantitative estimate of drug-likeness (QED) is 0.445. The molecule has 1 atom stereocenters. The van der Waals surface area contributed by atoms with Crippen LogP contribution in [0.2, 0.25) is 0 Å². The van der Waals surface area contributed by atoms with E-state index in [4.69, 9.17) is 5.11 Å². The van der Waals surface area contributed by atoms with Crippen molar-refractivity contribution in [3.8, 4) is 0 Å². The molecule has 0 rings (SSSR count). The van der Waals surface area contributed by atoms with Gasteiger partial charge in [0.2, 0.25) is 0 Å². The fourth-order valence-electron chi connectivity index (χ4n) is 1.57. The van der Waals surface area contributed by atoms with Crippen LogP contribution in [0.4, 0.5) is 0 Å². The van der Waals surface area contributed by atoms with E-state index in [1.54, 1.807) is 0 Å². The minimum Gasteiger partial charge on any atom is -1.00 e. The molecule has 0 aliphatic heterocycles.